The molecule has 6 heteroatoms. The summed E-state index contributed by atoms with van der Waals surface area (Å²) in [5.74, 6) is -0.495. The molecule has 0 aliphatic heterocycles. The summed E-state index contributed by atoms with van der Waals surface area (Å²) in [4.78, 5) is 11.4. The predicted octanol–water partition coefficient (Wildman–Crippen LogP) is 0.720. The van der Waals surface area contributed by atoms with Crippen LogP contribution in [0.25, 0.3) is 0 Å². The number of benzene rings is 1. The summed E-state index contributed by atoms with van der Waals surface area (Å²) in [6.45, 7) is 1.06. The van der Waals surface area contributed by atoms with E-state index in [2.05, 4.69) is 5.32 Å². The average Bonchev–Trinajstić information content (AvgIpc) is 2.41. The Morgan fingerprint density at radius 2 is 2.05 bits per heavy atom. The number of aliphatic hydroxyl groups is 1. The van der Waals surface area contributed by atoms with E-state index >= 15 is 0 Å². The summed E-state index contributed by atoms with van der Waals surface area (Å²) in [6, 6.07) is 6.04. The topological polar surface area (TPSA) is 67.8 Å². The molecule has 1 rings (SSSR count). The summed E-state index contributed by atoms with van der Waals surface area (Å²) >= 11 is 0. The van der Waals surface area contributed by atoms with Crippen LogP contribution in [0.4, 0.5) is 4.39 Å². The van der Waals surface area contributed by atoms with Gasteiger partial charge in [-0.2, -0.15) is 0 Å². The number of hydrogen-bond acceptors (Lipinski definition) is 4. The highest BCUT2D eigenvalue weighted by Crippen LogP contribution is 2.15. The first-order valence-electron chi connectivity index (χ1n) is 6.06. The van der Waals surface area contributed by atoms with E-state index in [-0.39, 0.29) is 37.9 Å². The van der Waals surface area contributed by atoms with Crippen LogP contribution in [0.2, 0.25) is 0 Å². The molecule has 106 valence electrons. The van der Waals surface area contributed by atoms with Gasteiger partial charge in [-0.3, -0.25) is 4.79 Å². The lowest BCUT2D eigenvalue weighted by molar-refractivity contribution is -0.121. The van der Waals surface area contributed by atoms with Crippen LogP contribution in [0.3, 0.4) is 0 Å². The molecule has 0 fully saturated rings. The number of amides is 1. The van der Waals surface area contributed by atoms with Crippen molar-refractivity contribution < 1.29 is 23.8 Å². The van der Waals surface area contributed by atoms with Crippen LogP contribution in [-0.2, 0) is 9.53 Å². The fourth-order valence-corrected chi connectivity index (χ4v) is 1.33. The molecule has 0 saturated carbocycles. The third kappa shape index (κ3) is 6.73. The Hall–Kier alpha value is -1.66. The number of para-hydroxylation sites is 1. The van der Waals surface area contributed by atoms with Crippen molar-refractivity contribution in [3.63, 3.8) is 0 Å². The van der Waals surface area contributed by atoms with Gasteiger partial charge in [-0.05, 0) is 12.1 Å². The van der Waals surface area contributed by atoms with Gasteiger partial charge in [-0.25, -0.2) is 4.39 Å². The van der Waals surface area contributed by atoms with Gasteiger partial charge in [0.2, 0.25) is 5.91 Å². The van der Waals surface area contributed by atoms with Crippen molar-refractivity contribution in [1.82, 2.24) is 5.32 Å². The van der Waals surface area contributed by atoms with Gasteiger partial charge in [0.1, 0.15) is 0 Å². The maximum Gasteiger partial charge on any atom is 0.223 e. The molecule has 0 heterocycles. The first-order valence-corrected chi connectivity index (χ1v) is 6.06. The third-order valence-corrected chi connectivity index (χ3v) is 2.23. The first kappa shape index (κ1) is 15.4. The number of ether oxygens (including phenoxy) is 2. The van der Waals surface area contributed by atoms with Gasteiger partial charge in [0.15, 0.2) is 11.6 Å². The van der Waals surface area contributed by atoms with Crippen LogP contribution in [0.15, 0.2) is 24.3 Å². The van der Waals surface area contributed by atoms with Crippen molar-refractivity contribution in [1.29, 1.82) is 0 Å². The fraction of sp³-hybridized carbons (Fsp3) is 0.462. The van der Waals surface area contributed by atoms with Crippen LogP contribution >= 0.6 is 0 Å². The third-order valence-electron chi connectivity index (χ3n) is 2.23. The molecular formula is C13H18FNO4. The standard InChI is InChI=1S/C13H18FNO4/c14-11-3-1-2-4-12(11)19-8-5-13(17)15-6-9-18-10-7-16/h1-4,16H,5-10H2,(H,15,17). The summed E-state index contributed by atoms with van der Waals surface area (Å²) < 4.78 is 23.3. The number of carbonyl (C=O) groups excluding carboxylic acids is 1. The second-order valence-corrected chi connectivity index (χ2v) is 3.71. The van der Waals surface area contributed by atoms with Gasteiger partial charge in [-0.15, -0.1) is 0 Å². The van der Waals surface area contributed by atoms with Crippen molar-refractivity contribution in [2.45, 2.75) is 6.42 Å². The summed E-state index contributed by atoms with van der Waals surface area (Å²) in [5.41, 5.74) is 0. The van der Waals surface area contributed by atoms with E-state index in [9.17, 15) is 9.18 Å². The molecule has 0 spiro atoms. The predicted molar refractivity (Wildman–Crippen MR) is 67.4 cm³/mol. The normalized spacial score (nSPS) is 10.2. The van der Waals surface area contributed by atoms with Gasteiger partial charge >= 0.3 is 0 Å². The second-order valence-electron chi connectivity index (χ2n) is 3.71. The lowest BCUT2D eigenvalue weighted by Gasteiger charge is -2.08. The lowest BCUT2D eigenvalue weighted by atomic mass is 10.3. The van der Waals surface area contributed by atoms with E-state index in [0.29, 0.717) is 13.2 Å². The zero-order valence-electron chi connectivity index (χ0n) is 10.6. The molecule has 1 aromatic carbocycles. The summed E-state index contributed by atoms with van der Waals surface area (Å²) in [6.07, 6.45) is 0.147. The van der Waals surface area contributed by atoms with Crippen LogP contribution in [0.1, 0.15) is 6.42 Å². The minimum atomic E-state index is -0.444. The molecule has 0 aliphatic rings. The summed E-state index contributed by atoms with van der Waals surface area (Å²) in [7, 11) is 0. The minimum Gasteiger partial charge on any atom is -0.490 e. The Morgan fingerprint density at radius 3 is 2.79 bits per heavy atom. The molecule has 1 aromatic rings. The molecule has 19 heavy (non-hydrogen) atoms. The van der Waals surface area contributed by atoms with Crippen LogP contribution in [-0.4, -0.2) is 44.0 Å². The zero-order chi connectivity index (χ0) is 13.9. The highest BCUT2D eigenvalue weighted by molar-refractivity contribution is 5.75. The van der Waals surface area contributed by atoms with E-state index in [1.165, 1.54) is 12.1 Å². The van der Waals surface area contributed by atoms with Gasteiger partial charge in [-0.1, -0.05) is 12.1 Å². The smallest absolute Gasteiger partial charge is 0.223 e. The molecule has 0 bridgehead atoms. The average molecular weight is 271 g/mol. The van der Waals surface area contributed by atoms with Crippen molar-refractivity contribution in [2.24, 2.45) is 0 Å². The number of aliphatic hydroxyl groups excluding tert-OH is 1. The van der Waals surface area contributed by atoms with E-state index in [1.54, 1.807) is 12.1 Å². The van der Waals surface area contributed by atoms with Crippen molar-refractivity contribution in [2.75, 3.05) is 33.0 Å². The molecular weight excluding hydrogens is 253 g/mol. The Morgan fingerprint density at radius 1 is 1.26 bits per heavy atom. The monoisotopic (exact) mass is 271 g/mol. The molecule has 5 nitrogen and oxygen atoms in total. The molecule has 0 atom stereocenters. The van der Waals surface area contributed by atoms with Gasteiger partial charge < -0.3 is 19.9 Å². The number of carbonyl (C=O) groups is 1. The first-order chi connectivity index (χ1) is 9.24. The van der Waals surface area contributed by atoms with Crippen molar-refractivity contribution >= 4 is 5.91 Å². The molecule has 1 amide bonds. The van der Waals surface area contributed by atoms with Gasteiger partial charge in [0.05, 0.1) is 32.8 Å². The molecule has 0 unspecified atom stereocenters. The number of hydrogen-bond donors (Lipinski definition) is 2. The van der Waals surface area contributed by atoms with Crippen LogP contribution in [0, 0.1) is 5.82 Å². The zero-order valence-corrected chi connectivity index (χ0v) is 10.6. The van der Waals surface area contributed by atoms with E-state index in [1.807, 2.05) is 0 Å². The van der Waals surface area contributed by atoms with E-state index < -0.39 is 5.82 Å². The Bertz CT molecular complexity index is 387. The molecule has 0 aliphatic carbocycles. The molecule has 0 radical (unpaired) electrons. The van der Waals surface area contributed by atoms with Gasteiger partial charge in [0.25, 0.3) is 0 Å². The van der Waals surface area contributed by atoms with Crippen LogP contribution < -0.4 is 10.1 Å². The largest absolute Gasteiger partial charge is 0.490 e. The highest BCUT2D eigenvalue weighted by atomic mass is 19.1. The fourth-order valence-electron chi connectivity index (χ4n) is 1.33. The highest BCUT2D eigenvalue weighted by Gasteiger charge is 2.04. The summed E-state index contributed by atoms with van der Waals surface area (Å²) in [5, 5.41) is 11.1. The lowest BCUT2D eigenvalue weighted by Crippen LogP contribution is -2.28. The maximum atomic E-state index is 13.2. The van der Waals surface area contributed by atoms with Gasteiger partial charge in [0, 0.05) is 6.54 Å². The maximum absolute atomic E-state index is 13.2. The number of nitrogens with one attached hydrogen (secondary N) is 1. The van der Waals surface area contributed by atoms with E-state index in [0.717, 1.165) is 0 Å². The molecule has 2 N–H and O–H groups in total. The Labute approximate surface area is 111 Å². The second kappa shape index (κ2) is 9.29. The Balaban J connectivity index is 2.09. The Kier molecular flexibility index (Phi) is 7.53. The number of halogens is 1. The minimum absolute atomic E-state index is 0.0373. The molecule has 0 aromatic heterocycles. The van der Waals surface area contributed by atoms with Crippen molar-refractivity contribution in [3.8, 4) is 5.75 Å². The molecule has 0 saturated heterocycles. The van der Waals surface area contributed by atoms with Crippen molar-refractivity contribution in [3.05, 3.63) is 30.1 Å². The number of rotatable bonds is 9. The quantitative estimate of drug-likeness (QED) is 0.649. The van der Waals surface area contributed by atoms with Crippen LogP contribution in [0.5, 0.6) is 5.75 Å². The SMILES string of the molecule is O=C(CCOc1ccccc1F)NCCOCCO. The van der Waals surface area contributed by atoms with E-state index in [4.69, 9.17) is 14.6 Å².